The van der Waals surface area contributed by atoms with Crippen molar-refractivity contribution in [1.82, 2.24) is 0 Å². The van der Waals surface area contributed by atoms with Gasteiger partial charge in [0.05, 0.1) is 25.7 Å². The fourth-order valence-electron chi connectivity index (χ4n) is 3.14. The summed E-state index contributed by atoms with van der Waals surface area (Å²) in [5.74, 6) is -2.41. The number of hydrogen-bond donors (Lipinski definition) is 1. The quantitative estimate of drug-likeness (QED) is 0.610. The van der Waals surface area contributed by atoms with E-state index in [1.54, 1.807) is 12.1 Å². The largest absolute Gasteiger partial charge is 0.469 e. The minimum Gasteiger partial charge on any atom is -0.469 e. The molecule has 0 radical (unpaired) electrons. The summed E-state index contributed by atoms with van der Waals surface area (Å²) >= 11 is 1.25. The minimum absolute atomic E-state index is 0.193. The Hall–Kier alpha value is -3.00. The average Bonchev–Trinajstić information content (AvgIpc) is 3.25. The second-order valence-corrected chi connectivity index (χ2v) is 7.23. The Morgan fingerprint density at radius 3 is 2.54 bits per heavy atom. The van der Waals surface area contributed by atoms with Crippen LogP contribution in [0.25, 0.3) is 6.08 Å². The van der Waals surface area contributed by atoms with Crippen LogP contribution in [-0.2, 0) is 25.5 Å². The number of esters is 2. The van der Waals surface area contributed by atoms with E-state index >= 15 is 0 Å². The predicted octanol–water partition coefficient (Wildman–Crippen LogP) is 3.53. The van der Waals surface area contributed by atoms with E-state index in [9.17, 15) is 18.8 Å². The number of amides is 1. The lowest BCUT2D eigenvalue weighted by atomic mass is 9.99. The average molecular weight is 403 g/mol. The van der Waals surface area contributed by atoms with Gasteiger partial charge in [-0.3, -0.25) is 9.59 Å². The minimum atomic E-state index is -0.619. The van der Waals surface area contributed by atoms with Gasteiger partial charge in [0, 0.05) is 11.0 Å². The van der Waals surface area contributed by atoms with Crippen LogP contribution < -0.4 is 5.32 Å². The molecule has 1 aromatic heterocycles. The van der Waals surface area contributed by atoms with Crippen molar-refractivity contribution in [1.29, 1.82) is 0 Å². The molecule has 1 aliphatic carbocycles. The summed E-state index contributed by atoms with van der Waals surface area (Å²) in [6, 6.07) is 5.67. The first kappa shape index (κ1) is 19.8. The fourth-order valence-corrected chi connectivity index (χ4v) is 4.40. The molecule has 8 heteroatoms. The molecule has 0 saturated heterocycles. The van der Waals surface area contributed by atoms with Crippen molar-refractivity contribution in [3.05, 3.63) is 57.7 Å². The Bertz CT molecular complexity index is 948. The Kier molecular flexibility index (Phi) is 5.89. The molecule has 1 heterocycles. The lowest BCUT2D eigenvalue weighted by molar-refractivity contribution is -0.142. The van der Waals surface area contributed by atoms with Crippen molar-refractivity contribution in [2.75, 3.05) is 19.5 Å². The lowest BCUT2D eigenvalue weighted by Gasteiger charge is -2.11. The van der Waals surface area contributed by atoms with E-state index in [-0.39, 0.29) is 11.4 Å². The summed E-state index contributed by atoms with van der Waals surface area (Å²) in [5.41, 5.74) is 1.42. The summed E-state index contributed by atoms with van der Waals surface area (Å²) in [7, 11) is 2.54. The zero-order valence-electron chi connectivity index (χ0n) is 15.3. The van der Waals surface area contributed by atoms with Crippen molar-refractivity contribution < 1.29 is 28.2 Å². The number of aryl methyl sites for hydroxylation is 1. The summed E-state index contributed by atoms with van der Waals surface area (Å²) in [5, 5.41) is 3.01. The van der Waals surface area contributed by atoms with E-state index in [0.29, 0.717) is 29.0 Å². The number of anilines is 1. The van der Waals surface area contributed by atoms with Crippen LogP contribution >= 0.6 is 11.3 Å². The summed E-state index contributed by atoms with van der Waals surface area (Å²) in [6.07, 6.45) is 3.99. The van der Waals surface area contributed by atoms with Crippen LogP contribution in [0.2, 0.25) is 0 Å². The molecule has 6 nitrogen and oxygen atoms in total. The highest BCUT2D eigenvalue weighted by Gasteiger charge is 2.38. The highest BCUT2D eigenvalue weighted by molar-refractivity contribution is 7.17. The van der Waals surface area contributed by atoms with Crippen molar-refractivity contribution >= 4 is 40.3 Å². The van der Waals surface area contributed by atoms with Gasteiger partial charge in [-0.1, -0.05) is 12.1 Å². The molecule has 1 amide bonds. The second kappa shape index (κ2) is 8.35. The summed E-state index contributed by atoms with van der Waals surface area (Å²) in [4.78, 5) is 37.6. The molecule has 3 rings (SSSR count). The van der Waals surface area contributed by atoms with Crippen LogP contribution in [-0.4, -0.2) is 32.1 Å². The van der Waals surface area contributed by atoms with Crippen molar-refractivity contribution in [2.45, 2.75) is 18.8 Å². The van der Waals surface area contributed by atoms with Crippen molar-refractivity contribution in [3.8, 4) is 0 Å². The van der Waals surface area contributed by atoms with Gasteiger partial charge in [-0.05, 0) is 42.2 Å². The van der Waals surface area contributed by atoms with E-state index in [1.807, 2.05) is 0 Å². The number of halogens is 1. The van der Waals surface area contributed by atoms with Crippen molar-refractivity contribution in [2.24, 2.45) is 0 Å². The van der Waals surface area contributed by atoms with Crippen LogP contribution in [0.5, 0.6) is 0 Å². The number of methoxy groups -OCH3 is 2. The van der Waals surface area contributed by atoms with E-state index in [1.165, 1.54) is 49.8 Å². The number of ether oxygens (including phenoxy) is 2. The van der Waals surface area contributed by atoms with Gasteiger partial charge >= 0.3 is 11.9 Å². The number of carbonyl (C=O) groups is 3. The van der Waals surface area contributed by atoms with Crippen LogP contribution in [0.15, 0.2) is 30.3 Å². The molecule has 146 valence electrons. The number of hydrogen-bond acceptors (Lipinski definition) is 6. The van der Waals surface area contributed by atoms with Gasteiger partial charge in [-0.15, -0.1) is 11.3 Å². The van der Waals surface area contributed by atoms with Crippen LogP contribution in [0.1, 0.15) is 38.7 Å². The maximum atomic E-state index is 12.9. The summed E-state index contributed by atoms with van der Waals surface area (Å²) < 4.78 is 22.6. The molecule has 1 aliphatic rings. The van der Waals surface area contributed by atoms with E-state index in [0.717, 1.165) is 4.88 Å². The highest BCUT2D eigenvalue weighted by atomic mass is 32.1. The number of fused-ring (bicyclic) bond motifs is 1. The Balaban J connectivity index is 1.86. The molecule has 0 spiro atoms. The monoisotopic (exact) mass is 403 g/mol. The molecule has 1 N–H and O–H groups in total. The molecule has 1 atom stereocenters. The zero-order chi connectivity index (χ0) is 20.3. The smallest absolute Gasteiger partial charge is 0.341 e. The Labute approximate surface area is 165 Å². The number of nitrogens with one attached hydrogen (secondary N) is 1. The topological polar surface area (TPSA) is 81.7 Å². The third-order valence-corrected chi connectivity index (χ3v) is 5.62. The number of benzene rings is 1. The number of rotatable bonds is 5. The normalized spacial score (nSPS) is 15.3. The first-order valence-electron chi connectivity index (χ1n) is 8.51. The molecular formula is C20H18FNO5S. The van der Waals surface area contributed by atoms with Crippen LogP contribution in [0.4, 0.5) is 9.39 Å². The van der Waals surface area contributed by atoms with Gasteiger partial charge in [-0.25, -0.2) is 9.18 Å². The first-order chi connectivity index (χ1) is 13.4. The second-order valence-electron chi connectivity index (χ2n) is 6.12. The Morgan fingerprint density at radius 2 is 1.89 bits per heavy atom. The van der Waals surface area contributed by atoms with Gasteiger partial charge in [-0.2, -0.15) is 0 Å². The molecule has 0 saturated carbocycles. The molecule has 0 aliphatic heterocycles. The van der Waals surface area contributed by atoms with E-state index in [4.69, 9.17) is 9.47 Å². The molecule has 0 fully saturated rings. The van der Waals surface area contributed by atoms with Crippen LogP contribution in [0.3, 0.4) is 0 Å². The molecule has 1 aromatic carbocycles. The first-order valence-corrected chi connectivity index (χ1v) is 9.32. The van der Waals surface area contributed by atoms with Gasteiger partial charge in [0.25, 0.3) is 0 Å². The molecule has 0 bridgehead atoms. The van der Waals surface area contributed by atoms with Gasteiger partial charge in [0.1, 0.15) is 10.8 Å². The van der Waals surface area contributed by atoms with Gasteiger partial charge in [0.15, 0.2) is 0 Å². The fraction of sp³-hybridized carbons (Fsp3) is 0.250. The Morgan fingerprint density at radius 1 is 1.18 bits per heavy atom. The maximum Gasteiger partial charge on any atom is 0.341 e. The van der Waals surface area contributed by atoms with Gasteiger partial charge < -0.3 is 14.8 Å². The highest BCUT2D eigenvalue weighted by Crippen LogP contribution is 2.45. The standard InChI is InChI=1S/C20H18FNO5S/c1-26-19(24)13-8-9-14-16(13)17(20(25)27-2)18(28-14)22-15(23)10-5-11-3-6-12(21)7-4-11/h3-7,10,13H,8-9H2,1-2H3,(H,22,23)/b10-5+. The molecule has 1 unspecified atom stereocenters. The summed E-state index contributed by atoms with van der Waals surface area (Å²) in [6.45, 7) is 0. The third kappa shape index (κ3) is 3.96. The predicted molar refractivity (Wildman–Crippen MR) is 103 cm³/mol. The van der Waals surface area contributed by atoms with Gasteiger partial charge in [0.2, 0.25) is 5.91 Å². The zero-order valence-corrected chi connectivity index (χ0v) is 16.1. The van der Waals surface area contributed by atoms with Crippen LogP contribution in [0, 0.1) is 5.82 Å². The lowest BCUT2D eigenvalue weighted by Crippen LogP contribution is -2.16. The maximum absolute atomic E-state index is 12.9. The number of thiophene rings is 1. The SMILES string of the molecule is COC(=O)c1c(NC(=O)/C=C/c2ccc(F)cc2)sc2c1C(C(=O)OC)CC2. The molecular weight excluding hydrogens is 385 g/mol. The van der Waals surface area contributed by atoms with E-state index in [2.05, 4.69) is 5.32 Å². The van der Waals surface area contributed by atoms with E-state index < -0.39 is 23.8 Å². The molecule has 2 aromatic rings. The number of carbonyl (C=O) groups excluding carboxylic acids is 3. The third-order valence-electron chi connectivity index (χ3n) is 4.44. The molecule has 28 heavy (non-hydrogen) atoms. The van der Waals surface area contributed by atoms with Crippen molar-refractivity contribution in [3.63, 3.8) is 0 Å².